The maximum Gasteiger partial charge on any atom is 0.251 e. The van der Waals surface area contributed by atoms with E-state index < -0.39 is 0 Å². The lowest BCUT2D eigenvalue weighted by Gasteiger charge is -2.23. The van der Waals surface area contributed by atoms with Crippen LogP contribution in [-0.4, -0.2) is 50.1 Å². The molecule has 0 aliphatic carbocycles. The van der Waals surface area contributed by atoms with Crippen LogP contribution in [0.15, 0.2) is 24.3 Å². The van der Waals surface area contributed by atoms with Crippen LogP contribution in [0.2, 0.25) is 0 Å². The molecule has 22 heavy (non-hydrogen) atoms. The van der Waals surface area contributed by atoms with E-state index in [2.05, 4.69) is 36.3 Å². The molecule has 0 bridgehead atoms. The molecule has 1 aromatic carbocycles. The highest BCUT2D eigenvalue weighted by atomic mass is 35.5. The van der Waals surface area contributed by atoms with E-state index in [1.807, 2.05) is 31.3 Å². The number of likely N-dealkylation sites (N-methyl/N-ethyl adjacent to an activating group) is 2. The van der Waals surface area contributed by atoms with Gasteiger partial charge in [-0.05, 0) is 51.7 Å². The minimum Gasteiger partial charge on any atom is -0.348 e. The molecule has 0 saturated heterocycles. The number of nitrogens with one attached hydrogen (secondary N) is 2. The number of halogens is 1. The molecule has 0 aliphatic heterocycles. The smallest absolute Gasteiger partial charge is 0.251 e. The van der Waals surface area contributed by atoms with Crippen molar-refractivity contribution in [3.63, 3.8) is 0 Å². The van der Waals surface area contributed by atoms with Crippen molar-refractivity contribution in [1.82, 2.24) is 15.5 Å². The van der Waals surface area contributed by atoms with Crippen LogP contribution in [0.1, 0.15) is 36.7 Å². The first-order valence-corrected chi connectivity index (χ1v) is 7.88. The summed E-state index contributed by atoms with van der Waals surface area (Å²) in [4.78, 5) is 14.8. The second-order valence-corrected chi connectivity index (χ2v) is 5.37. The molecule has 2 N–H and O–H groups in total. The number of carbonyl (C=O) groups is 1. The lowest BCUT2D eigenvalue weighted by Crippen LogP contribution is -2.42. The summed E-state index contributed by atoms with van der Waals surface area (Å²) in [5, 5.41) is 6.24. The Kier molecular flexibility index (Phi) is 10.9. The molecule has 0 radical (unpaired) electrons. The predicted molar refractivity (Wildman–Crippen MR) is 96.0 cm³/mol. The summed E-state index contributed by atoms with van der Waals surface area (Å²) in [7, 11) is 1.93. The Hall–Kier alpha value is -1.10. The highest BCUT2D eigenvalue weighted by Gasteiger charge is 2.14. The van der Waals surface area contributed by atoms with Crippen LogP contribution in [0.4, 0.5) is 0 Å². The van der Waals surface area contributed by atoms with Gasteiger partial charge in [0.2, 0.25) is 0 Å². The van der Waals surface area contributed by atoms with Gasteiger partial charge in [-0.25, -0.2) is 0 Å². The predicted octanol–water partition coefficient (Wildman–Crippen LogP) is 2.33. The van der Waals surface area contributed by atoms with Gasteiger partial charge in [-0.15, -0.1) is 12.4 Å². The fourth-order valence-electron chi connectivity index (χ4n) is 2.44. The number of rotatable bonds is 9. The molecular weight excluding hydrogens is 298 g/mol. The highest BCUT2D eigenvalue weighted by molar-refractivity contribution is 5.95. The van der Waals surface area contributed by atoms with E-state index in [0.29, 0.717) is 0 Å². The van der Waals surface area contributed by atoms with Crippen LogP contribution in [0.3, 0.4) is 0 Å². The highest BCUT2D eigenvalue weighted by Crippen LogP contribution is 2.09. The van der Waals surface area contributed by atoms with E-state index in [9.17, 15) is 4.79 Å². The van der Waals surface area contributed by atoms with Crippen molar-refractivity contribution in [2.75, 3.05) is 33.2 Å². The Morgan fingerprint density at radius 2 is 1.86 bits per heavy atom. The Morgan fingerprint density at radius 3 is 2.45 bits per heavy atom. The SMILES string of the molecule is CCN(CC)CC(C)NC(=O)c1ccccc1CCNC.Cl. The largest absolute Gasteiger partial charge is 0.348 e. The average molecular weight is 328 g/mol. The molecule has 4 nitrogen and oxygen atoms in total. The first-order valence-electron chi connectivity index (χ1n) is 7.88. The minimum atomic E-state index is 0. The van der Waals surface area contributed by atoms with Crippen LogP contribution >= 0.6 is 12.4 Å². The van der Waals surface area contributed by atoms with Crippen molar-refractivity contribution >= 4 is 18.3 Å². The first kappa shape index (κ1) is 20.9. The lowest BCUT2D eigenvalue weighted by atomic mass is 10.0. The Morgan fingerprint density at radius 1 is 1.23 bits per heavy atom. The second-order valence-electron chi connectivity index (χ2n) is 5.37. The van der Waals surface area contributed by atoms with Crippen LogP contribution in [0.25, 0.3) is 0 Å². The van der Waals surface area contributed by atoms with Crippen LogP contribution in [-0.2, 0) is 6.42 Å². The van der Waals surface area contributed by atoms with E-state index in [1.165, 1.54) is 0 Å². The number of nitrogens with zero attached hydrogens (tertiary/aromatic N) is 1. The zero-order chi connectivity index (χ0) is 15.7. The Bertz CT molecular complexity index is 436. The fourth-order valence-corrected chi connectivity index (χ4v) is 2.44. The van der Waals surface area contributed by atoms with Gasteiger partial charge < -0.3 is 15.5 Å². The third-order valence-electron chi connectivity index (χ3n) is 3.71. The molecule has 0 aliphatic rings. The topological polar surface area (TPSA) is 44.4 Å². The number of carbonyl (C=O) groups excluding carboxylic acids is 1. The Balaban J connectivity index is 0.00000441. The summed E-state index contributed by atoms with van der Waals surface area (Å²) in [6.07, 6.45) is 0.866. The van der Waals surface area contributed by atoms with Gasteiger partial charge in [0.1, 0.15) is 0 Å². The molecule has 0 spiro atoms. The summed E-state index contributed by atoms with van der Waals surface area (Å²) in [6.45, 7) is 10.1. The molecule has 0 fully saturated rings. The summed E-state index contributed by atoms with van der Waals surface area (Å²) < 4.78 is 0. The molecule has 1 amide bonds. The van der Waals surface area contributed by atoms with Crippen molar-refractivity contribution in [2.24, 2.45) is 0 Å². The monoisotopic (exact) mass is 327 g/mol. The van der Waals surface area contributed by atoms with E-state index in [4.69, 9.17) is 0 Å². The van der Waals surface area contributed by atoms with Crippen molar-refractivity contribution in [1.29, 1.82) is 0 Å². The Labute approximate surface area is 141 Å². The quantitative estimate of drug-likeness (QED) is 0.731. The maximum absolute atomic E-state index is 12.4. The van der Waals surface area contributed by atoms with E-state index in [0.717, 1.165) is 43.7 Å². The van der Waals surface area contributed by atoms with Gasteiger partial charge in [0.25, 0.3) is 5.91 Å². The third kappa shape index (κ3) is 6.77. The molecule has 1 rings (SSSR count). The fraction of sp³-hybridized carbons (Fsp3) is 0.588. The van der Waals surface area contributed by atoms with Crippen molar-refractivity contribution in [3.05, 3.63) is 35.4 Å². The van der Waals surface area contributed by atoms with E-state index in [-0.39, 0.29) is 24.4 Å². The van der Waals surface area contributed by atoms with Gasteiger partial charge >= 0.3 is 0 Å². The van der Waals surface area contributed by atoms with Crippen LogP contribution in [0.5, 0.6) is 0 Å². The van der Waals surface area contributed by atoms with Gasteiger partial charge in [-0.1, -0.05) is 32.0 Å². The molecule has 0 saturated carbocycles. The second kappa shape index (κ2) is 11.5. The summed E-state index contributed by atoms with van der Waals surface area (Å²) in [6, 6.07) is 7.99. The average Bonchev–Trinajstić information content (AvgIpc) is 2.50. The number of amides is 1. The van der Waals surface area contributed by atoms with Crippen molar-refractivity contribution < 1.29 is 4.79 Å². The number of hydrogen-bond acceptors (Lipinski definition) is 3. The zero-order valence-corrected chi connectivity index (χ0v) is 15.0. The molecule has 1 atom stereocenters. The molecule has 126 valence electrons. The minimum absolute atomic E-state index is 0. The van der Waals surface area contributed by atoms with Crippen molar-refractivity contribution in [2.45, 2.75) is 33.2 Å². The lowest BCUT2D eigenvalue weighted by molar-refractivity contribution is 0.0929. The van der Waals surface area contributed by atoms with Gasteiger partial charge in [-0.3, -0.25) is 4.79 Å². The van der Waals surface area contributed by atoms with Crippen LogP contribution in [0, 0.1) is 0 Å². The summed E-state index contributed by atoms with van der Waals surface area (Å²) in [5.41, 5.74) is 1.89. The third-order valence-corrected chi connectivity index (χ3v) is 3.71. The number of benzene rings is 1. The molecule has 5 heteroatoms. The number of hydrogen-bond donors (Lipinski definition) is 2. The van der Waals surface area contributed by atoms with Gasteiger partial charge in [-0.2, -0.15) is 0 Å². The van der Waals surface area contributed by atoms with Gasteiger partial charge in [0.05, 0.1) is 0 Å². The van der Waals surface area contributed by atoms with Gasteiger partial charge in [0, 0.05) is 18.2 Å². The van der Waals surface area contributed by atoms with Crippen LogP contribution < -0.4 is 10.6 Å². The molecule has 1 aromatic rings. The normalized spacial score (nSPS) is 11.9. The maximum atomic E-state index is 12.4. The summed E-state index contributed by atoms with van der Waals surface area (Å²) in [5.74, 6) is 0.0290. The van der Waals surface area contributed by atoms with E-state index >= 15 is 0 Å². The molecule has 1 unspecified atom stereocenters. The van der Waals surface area contributed by atoms with E-state index in [1.54, 1.807) is 0 Å². The molecular formula is C17H30ClN3O. The zero-order valence-electron chi connectivity index (χ0n) is 14.2. The van der Waals surface area contributed by atoms with Crippen molar-refractivity contribution in [3.8, 4) is 0 Å². The molecule has 0 heterocycles. The first-order chi connectivity index (χ1) is 10.1. The van der Waals surface area contributed by atoms with Gasteiger partial charge in [0.15, 0.2) is 0 Å². The summed E-state index contributed by atoms with van der Waals surface area (Å²) >= 11 is 0. The molecule has 0 aromatic heterocycles. The standard InChI is InChI=1S/C17H29N3O.ClH/c1-5-20(6-2)13-14(3)19-17(21)16-10-8-7-9-15(16)11-12-18-4;/h7-10,14,18H,5-6,11-13H2,1-4H3,(H,19,21);1H.